The maximum atomic E-state index is 10.3. The SMILES string of the molecule is C=CC(C)(C)[C@H](O)[C@H]1COC2(CCCCC2)O1. The molecule has 0 radical (unpaired) electrons. The standard InChI is InChI=1S/C14H24O3/c1-4-13(2,3)12(15)11-10-16-14(17-11)8-6-5-7-9-14/h4,11-12,15H,1,5-10H2,2-3H3/t11-,12-/m1/s1. The zero-order valence-corrected chi connectivity index (χ0v) is 10.9. The molecule has 1 aliphatic heterocycles. The molecule has 0 aromatic heterocycles. The van der Waals surface area contributed by atoms with E-state index in [9.17, 15) is 5.11 Å². The molecule has 98 valence electrons. The molecule has 1 spiro atoms. The molecular weight excluding hydrogens is 216 g/mol. The van der Waals surface area contributed by atoms with E-state index in [2.05, 4.69) is 6.58 Å². The van der Waals surface area contributed by atoms with Gasteiger partial charge in [0.25, 0.3) is 0 Å². The van der Waals surface area contributed by atoms with Gasteiger partial charge < -0.3 is 14.6 Å². The Kier molecular flexibility index (Phi) is 3.62. The first-order valence-electron chi connectivity index (χ1n) is 6.63. The van der Waals surface area contributed by atoms with Crippen molar-refractivity contribution in [1.29, 1.82) is 0 Å². The van der Waals surface area contributed by atoms with Gasteiger partial charge in [0, 0.05) is 18.3 Å². The molecule has 0 bridgehead atoms. The molecule has 2 atom stereocenters. The topological polar surface area (TPSA) is 38.7 Å². The van der Waals surface area contributed by atoms with E-state index in [4.69, 9.17) is 9.47 Å². The van der Waals surface area contributed by atoms with E-state index < -0.39 is 11.9 Å². The van der Waals surface area contributed by atoms with E-state index in [1.54, 1.807) is 6.08 Å². The lowest BCUT2D eigenvalue weighted by Gasteiger charge is -2.34. The molecular formula is C14H24O3. The Labute approximate surface area is 104 Å². The summed E-state index contributed by atoms with van der Waals surface area (Å²) >= 11 is 0. The largest absolute Gasteiger partial charge is 0.389 e. The third kappa shape index (κ3) is 2.56. The van der Waals surface area contributed by atoms with Gasteiger partial charge in [0.05, 0.1) is 12.7 Å². The number of aliphatic hydroxyl groups excluding tert-OH is 1. The molecule has 17 heavy (non-hydrogen) atoms. The van der Waals surface area contributed by atoms with Gasteiger partial charge in [0.2, 0.25) is 0 Å². The fraction of sp³-hybridized carbons (Fsp3) is 0.857. The highest BCUT2D eigenvalue weighted by molar-refractivity contribution is 4.98. The zero-order chi connectivity index (χ0) is 12.5. The highest BCUT2D eigenvalue weighted by atomic mass is 16.7. The van der Waals surface area contributed by atoms with Crippen LogP contribution in [0.5, 0.6) is 0 Å². The number of hydrogen-bond acceptors (Lipinski definition) is 3. The van der Waals surface area contributed by atoms with E-state index in [1.165, 1.54) is 6.42 Å². The predicted octanol–water partition coefficient (Wildman–Crippen LogP) is 2.64. The van der Waals surface area contributed by atoms with Gasteiger partial charge in [-0.2, -0.15) is 0 Å². The molecule has 1 aliphatic carbocycles. The first-order chi connectivity index (χ1) is 7.99. The summed E-state index contributed by atoms with van der Waals surface area (Å²) in [5.41, 5.74) is -0.339. The van der Waals surface area contributed by atoms with Crippen molar-refractivity contribution in [3.05, 3.63) is 12.7 Å². The van der Waals surface area contributed by atoms with E-state index in [1.807, 2.05) is 13.8 Å². The summed E-state index contributed by atoms with van der Waals surface area (Å²) in [6, 6.07) is 0. The summed E-state index contributed by atoms with van der Waals surface area (Å²) in [5.74, 6) is -0.402. The molecule has 0 amide bonds. The van der Waals surface area contributed by atoms with Crippen LogP contribution in [0.1, 0.15) is 46.0 Å². The van der Waals surface area contributed by atoms with Gasteiger partial charge in [-0.05, 0) is 12.8 Å². The quantitative estimate of drug-likeness (QED) is 0.771. The average molecular weight is 240 g/mol. The average Bonchev–Trinajstić information content (AvgIpc) is 2.73. The van der Waals surface area contributed by atoms with E-state index in [-0.39, 0.29) is 11.5 Å². The summed E-state index contributed by atoms with van der Waals surface area (Å²) in [6.45, 7) is 8.22. The minimum absolute atomic E-state index is 0.221. The van der Waals surface area contributed by atoms with Gasteiger partial charge in [0.15, 0.2) is 5.79 Å². The van der Waals surface area contributed by atoms with Crippen molar-refractivity contribution in [3.63, 3.8) is 0 Å². The molecule has 2 rings (SSSR count). The van der Waals surface area contributed by atoms with Crippen LogP contribution in [0.2, 0.25) is 0 Å². The minimum Gasteiger partial charge on any atom is -0.389 e. The van der Waals surface area contributed by atoms with Crippen LogP contribution in [0.15, 0.2) is 12.7 Å². The van der Waals surface area contributed by atoms with Crippen LogP contribution >= 0.6 is 0 Å². The lowest BCUT2D eigenvalue weighted by molar-refractivity contribution is -0.199. The minimum atomic E-state index is -0.554. The van der Waals surface area contributed by atoms with Gasteiger partial charge in [0.1, 0.15) is 6.10 Å². The molecule has 0 unspecified atom stereocenters. The van der Waals surface area contributed by atoms with E-state index >= 15 is 0 Å². The maximum absolute atomic E-state index is 10.3. The maximum Gasteiger partial charge on any atom is 0.169 e. The van der Waals surface area contributed by atoms with Crippen LogP contribution in [-0.4, -0.2) is 29.7 Å². The zero-order valence-electron chi connectivity index (χ0n) is 10.9. The fourth-order valence-electron chi connectivity index (χ4n) is 2.69. The number of aliphatic hydroxyl groups is 1. The van der Waals surface area contributed by atoms with Gasteiger partial charge in [-0.3, -0.25) is 0 Å². The molecule has 1 N–H and O–H groups in total. The van der Waals surface area contributed by atoms with Crippen LogP contribution in [0.25, 0.3) is 0 Å². The molecule has 1 heterocycles. The van der Waals surface area contributed by atoms with Crippen molar-refractivity contribution in [1.82, 2.24) is 0 Å². The normalized spacial score (nSPS) is 30.4. The Morgan fingerprint density at radius 2 is 2.00 bits per heavy atom. The Bertz CT molecular complexity index is 279. The smallest absolute Gasteiger partial charge is 0.169 e. The number of rotatable bonds is 3. The van der Waals surface area contributed by atoms with Crippen LogP contribution in [0.3, 0.4) is 0 Å². The summed E-state index contributed by atoms with van der Waals surface area (Å²) in [7, 11) is 0. The van der Waals surface area contributed by atoms with Crippen LogP contribution in [0.4, 0.5) is 0 Å². The lowest BCUT2D eigenvalue weighted by atomic mass is 9.84. The molecule has 2 aliphatic rings. The predicted molar refractivity (Wildman–Crippen MR) is 66.6 cm³/mol. The van der Waals surface area contributed by atoms with Crippen LogP contribution in [0, 0.1) is 5.41 Å². The second kappa shape index (κ2) is 4.71. The second-order valence-electron chi connectivity index (χ2n) is 5.91. The molecule has 1 saturated carbocycles. The second-order valence-corrected chi connectivity index (χ2v) is 5.91. The van der Waals surface area contributed by atoms with Crippen LogP contribution < -0.4 is 0 Å². The molecule has 3 heteroatoms. The van der Waals surface area contributed by atoms with Crippen molar-refractivity contribution in [2.75, 3.05) is 6.61 Å². The Balaban J connectivity index is 1.99. The Hall–Kier alpha value is -0.380. The molecule has 2 fully saturated rings. The van der Waals surface area contributed by atoms with Crippen molar-refractivity contribution >= 4 is 0 Å². The highest BCUT2D eigenvalue weighted by Gasteiger charge is 2.46. The molecule has 3 nitrogen and oxygen atoms in total. The molecule has 1 saturated heterocycles. The van der Waals surface area contributed by atoms with Crippen molar-refractivity contribution < 1.29 is 14.6 Å². The summed E-state index contributed by atoms with van der Waals surface area (Å²) in [5, 5.41) is 10.3. The Morgan fingerprint density at radius 1 is 1.35 bits per heavy atom. The number of hydrogen-bond donors (Lipinski definition) is 1. The Morgan fingerprint density at radius 3 is 2.59 bits per heavy atom. The first kappa shape index (κ1) is 13.1. The summed E-state index contributed by atoms with van der Waals surface area (Å²) < 4.78 is 11.9. The molecule has 0 aromatic rings. The third-order valence-corrected chi connectivity index (χ3v) is 4.13. The van der Waals surface area contributed by atoms with Gasteiger partial charge in [-0.1, -0.05) is 26.3 Å². The van der Waals surface area contributed by atoms with Crippen molar-refractivity contribution in [2.24, 2.45) is 5.41 Å². The van der Waals surface area contributed by atoms with E-state index in [0.29, 0.717) is 6.61 Å². The van der Waals surface area contributed by atoms with Crippen molar-refractivity contribution in [3.8, 4) is 0 Å². The summed E-state index contributed by atoms with van der Waals surface area (Å²) in [4.78, 5) is 0. The first-order valence-corrected chi connectivity index (χ1v) is 6.63. The van der Waals surface area contributed by atoms with Gasteiger partial charge in [-0.25, -0.2) is 0 Å². The van der Waals surface area contributed by atoms with Gasteiger partial charge in [-0.15, -0.1) is 6.58 Å². The fourth-order valence-corrected chi connectivity index (χ4v) is 2.69. The monoisotopic (exact) mass is 240 g/mol. The third-order valence-electron chi connectivity index (χ3n) is 4.13. The summed E-state index contributed by atoms with van der Waals surface area (Å²) in [6.07, 6.45) is 6.52. The lowest BCUT2D eigenvalue weighted by Crippen LogP contribution is -2.42. The highest BCUT2D eigenvalue weighted by Crippen LogP contribution is 2.40. The number of ether oxygens (including phenoxy) is 2. The van der Waals surface area contributed by atoms with E-state index in [0.717, 1.165) is 25.7 Å². The van der Waals surface area contributed by atoms with Crippen molar-refractivity contribution in [2.45, 2.75) is 63.9 Å². The van der Waals surface area contributed by atoms with Gasteiger partial charge >= 0.3 is 0 Å². The molecule has 0 aromatic carbocycles. The van der Waals surface area contributed by atoms with Crippen LogP contribution in [-0.2, 0) is 9.47 Å².